The van der Waals surface area contributed by atoms with Crippen LogP contribution in [-0.4, -0.2) is 37.0 Å². The number of carbonyl (C=O) groups excluding carboxylic acids is 1. The Morgan fingerprint density at radius 2 is 1.46 bits per heavy atom. The Kier molecular flexibility index (Phi) is 4.97. The number of furan rings is 1. The van der Waals surface area contributed by atoms with E-state index >= 15 is 0 Å². The molecule has 0 radical (unpaired) electrons. The number of carbonyl (C=O) groups is 1. The fraction of sp³-hybridized carbons (Fsp3) is 0.190. The molecular formula is C21H20N2O2S. The predicted molar refractivity (Wildman–Crippen MR) is 104 cm³/mol. The molecule has 1 saturated heterocycles. The van der Waals surface area contributed by atoms with Crippen LogP contribution in [0.3, 0.4) is 0 Å². The summed E-state index contributed by atoms with van der Waals surface area (Å²) < 4.78 is 5.77. The molecule has 0 bridgehead atoms. The molecule has 1 aromatic heterocycles. The van der Waals surface area contributed by atoms with E-state index in [1.54, 1.807) is 6.07 Å². The van der Waals surface area contributed by atoms with E-state index < -0.39 is 0 Å². The average Bonchev–Trinajstić information content (AvgIpc) is 3.17. The highest BCUT2D eigenvalue weighted by Crippen LogP contribution is 2.29. The molecule has 4 rings (SSSR count). The summed E-state index contributed by atoms with van der Waals surface area (Å²) in [6.45, 7) is 3.08. The molecule has 0 N–H and O–H groups in total. The highest BCUT2D eigenvalue weighted by atomic mass is 32.2. The first kappa shape index (κ1) is 16.8. The van der Waals surface area contributed by atoms with Gasteiger partial charge in [-0.25, -0.2) is 0 Å². The third-order valence-electron chi connectivity index (χ3n) is 4.44. The van der Waals surface area contributed by atoms with E-state index in [1.807, 2.05) is 59.5 Å². The standard InChI is InChI=1S/C21H20N2O2S/c24-21(19-11-12-20(25-19)26-18-9-5-2-6-10-18)23-15-13-22(14-16-23)17-7-3-1-4-8-17/h1-12H,13-16H2. The smallest absolute Gasteiger partial charge is 0.289 e. The second kappa shape index (κ2) is 7.70. The molecule has 4 nitrogen and oxygen atoms in total. The van der Waals surface area contributed by atoms with Gasteiger partial charge in [0.05, 0.1) is 0 Å². The number of hydrogen-bond donors (Lipinski definition) is 0. The number of para-hydroxylation sites is 1. The van der Waals surface area contributed by atoms with Crippen LogP contribution in [0.2, 0.25) is 0 Å². The molecule has 1 fully saturated rings. The maximum atomic E-state index is 12.7. The summed E-state index contributed by atoms with van der Waals surface area (Å²) in [5, 5.41) is 0.738. The van der Waals surface area contributed by atoms with Crippen LogP contribution < -0.4 is 4.90 Å². The van der Waals surface area contributed by atoms with Crippen molar-refractivity contribution in [1.29, 1.82) is 0 Å². The van der Waals surface area contributed by atoms with Gasteiger partial charge in [-0.2, -0.15) is 0 Å². The van der Waals surface area contributed by atoms with Gasteiger partial charge in [0, 0.05) is 36.8 Å². The minimum absolute atomic E-state index is 0.0300. The van der Waals surface area contributed by atoms with Crippen molar-refractivity contribution in [1.82, 2.24) is 4.90 Å². The summed E-state index contributed by atoms with van der Waals surface area (Å²) >= 11 is 1.52. The van der Waals surface area contributed by atoms with E-state index in [0.717, 1.165) is 23.1 Å². The Hall–Kier alpha value is -2.66. The summed E-state index contributed by atoms with van der Waals surface area (Å²) in [5.41, 5.74) is 1.21. The number of rotatable bonds is 4. The van der Waals surface area contributed by atoms with Gasteiger partial charge in [-0.05, 0) is 36.4 Å². The number of piperazine rings is 1. The van der Waals surface area contributed by atoms with Crippen molar-refractivity contribution < 1.29 is 9.21 Å². The maximum absolute atomic E-state index is 12.7. The monoisotopic (exact) mass is 364 g/mol. The lowest BCUT2D eigenvalue weighted by atomic mass is 10.2. The summed E-state index contributed by atoms with van der Waals surface area (Å²) in [4.78, 5) is 18.0. The van der Waals surface area contributed by atoms with Crippen LogP contribution in [0, 0.1) is 0 Å². The number of nitrogens with zero attached hydrogens (tertiary/aromatic N) is 2. The zero-order valence-electron chi connectivity index (χ0n) is 14.4. The zero-order chi connectivity index (χ0) is 17.8. The minimum Gasteiger partial charge on any atom is -0.444 e. The Bertz CT molecular complexity index is 856. The highest BCUT2D eigenvalue weighted by molar-refractivity contribution is 7.99. The first-order valence-corrected chi connectivity index (χ1v) is 9.53. The lowest BCUT2D eigenvalue weighted by molar-refractivity contribution is 0.0709. The van der Waals surface area contributed by atoms with Crippen molar-refractivity contribution in [3.8, 4) is 0 Å². The lowest BCUT2D eigenvalue weighted by Crippen LogP contribution is -2.48. The van der Waals surface area contributed by atoms with Gasteiger partial charge >= 0.3 is 0 Å². The fourth-order valence-corrected chi connectivity index (χ4v) is 3.85. The molecule has 132 valence electrons. The van der Waals surface area contributed by atoms with Gasteiger partial charge in [0.25, 0.3) is 5.91 Å². The summed E-state index contributed by atoms with van der Waals surface area (Å²) in [7, 11) is 0. The van der Waals surface area contributed by atoms with Crippen molar-refractivity contribution in [2.45, 2.75) is 9.99 Å². The van der Waals surface area contributed by atoms with E-state index in [1.165, 1.54) is 17.4 Å². The van der Waals surface area contributed by atoms with E-state index in [-0.39, 0.29) is 5.91 Å². The van der Waals surface area contributed by atoms with Gasteiger partial charge in [0.2, 0.25) is 0 Å². The molecule has 2 heterocycles. The van der Waals surface area contributed by atoms with Gasteiger partial charge in [-0.1, -0.05) is 48.2 Å². The van der Waals surface area contributed by atoms with Crippen molar-refractivity contribution in [2.75, 3.05) is 31.1 Å². The minimum atomic E-state index is -0.0300. The maximum Gasteiger partial charge on any atom is 0.289 e. The number of hydrogen-bond acceptors (Lipinski definition) is 4. The predicted octanol–water partition coefficient (Wildman–Crippen LogP) is 4.39. The molecule has 0 unspecified atom stereocenters. The highest BCUT2D eigenvalue weighted by Gasteiger charge is 2.24. The van der Waals surface area contributed by atoms with Crippen LogP contribution in [0.25, 0.3) is 0 Å². The number of anilines is 1. The van der Waals surface area contributed by atoms with Crippen LogP contribution in [0.1, 0.15) is 10.6 Å². The molecule has 2 aromatic carbocycles. The quantitative estimate of drug-likeness (QED) is 0.688. The Labute approximate surface area is 157 Å². The molecule has 0 aliphatic carbocycles. The van der Waals surface area contributed by atoms with Crippen molar-refractivity contribution >= 4 is 23.4 Å². The Morgan fingerprint density at radius 1 is 0.808 bits per heavy atom. The van der Waals surface area contributed by atoms with Gasteiger partial charge in [0.1, 0.15) is 0 Å². The fourth-order valence-electron chi connectivity index (χ4n) is 3.06. The van der Waals surface area contributed by atoms with Crippen LogP contribution in [-0.2, 0) is 0 Å². The molecule has 0 atom stereocenters. The molecular weight excluding hydrogens is 344 g/mol. The molecule has 26 heavy (non-hydrogen) atoms. The molecule has 1 aliphatic heterocycles. The van der Waals surface area contributed by atoms with E-state index in [2.05, 4.69) is 17.0 Å². The van der Waals surface area contributed by atoms with Gasteiger partial charge in [-0.3, -0.25) is 4.79 Å². The van der Waals surface area contributed by atoms with Gasteiger partial charge in [0.15, 0.2) is 10.9 Å². The normalized spacial score (nSPS) is 14.5. The van der Waals surface area contributed by atoms with Crippen LogP contribution in [0.15, 0.2) is 87.2 Å². The first-order valence-electron chi connectivity index (χ1n) is 8.71. The third kappa shape index (κ3) is 3.78. The van der Waals surface area contributed by atoms with Crippen LogP contribution >= 0.6 is 11.8 Å². The lowest BCUT2D eigenvalue weighted by Gasteiger charge is -2.35. The SMILES string of the molecule is O=C(c1ccc(Sc2ccccc2)o1)N1CCN(c2ccccc2)CC1. The topological polar surface area (TPSA) is 36.7 Å². The summed E-state index contributed by atoms with van der Waals surface area (Å²) in [5.74, 6) is 0.384. The van der Waals surface area contributed by atoms with Crippen LogP contribution in [0.5, 0.6) is 0 Å². The van der Waals surface area contributed by atoms with Crippen molar-refractivity contribution in [3.63, 3.8) is 0 Å². The Balaban J connectivity index is 1.37. The van der Waals surface area contributed by atoms with E-state index in [9.17, 15) is 4.79 Å². The summed E-state index contributed by atoms with van der Waals surface area (Å²) in [6, 6.07) is 24.0. The zero-order valence-corrected chi connectivity index (χ0v) is 15.2. The molecule has 1 amide bonds. The van der Waals surface area contributed by atoms with Crippen molar-refractivity contribution in [3.05, 3.63) is 78.6 Å². The van der Waals surface area contributed by atoms with E-state index in [4.69, 9.17) is 4.42 Å². The van der Waals surface area contributed by atoms with Gasteiger partial charge < -0.3 is 14.2 Å². The second-order valence-corrected chi connectivity index (χ2v) is 7.23. The second-order valence-electron chi connectivity index (χ2n) is 6.15. The average molecular weight is 364 g/mol. The number of benzene rings is 2. The molecule has 3 aromatic rings. The molecule has 5 heteroatoms. The molecule has 0 saturated carbocycles. The summed E-state index contributed by atoms with van der Waals surface area (Å²) in [6.07, 6.45) is 0. The first-order chi connectivity index (χ1) is 12.8. The number of amides is 1. The molecule has 1 aliphatic rings. The Morgan fingerprint density at radius 3 is 2.15 bits per heavy atom. The van der Waals surface area contributed by atoms with Gasteiger partial charge in [-0.15, -0.1) is 0 Å². The third-order valence-corrected chi connectivity index (χ3v) is 5.37. The van der Waals surface area contributed by atoms with Crippen molar-refractivity contribution in [2.24, 2.45) is 0 Å². The largest absolute Gasteiger partial charge is 0.444 e. The van der Waals surface area contributed by atoms with E-state index in [0.29, 0.717) is 18.8 Å². The molecule has 0 spiro atoms. The van der Waals surface area contributed by atoms with Crippen LogP contribution in [0.4, 0.5) is 5.69 Å².